The predicted octanol–water partition coefficient (Wildman–Crippen LogP) is 4.45. The van der Waals surface area contributed by atoms with Gasteiger partial charge in [-0.2, -0.15) is 10.5 Å². The number of amides is 1. The molecule has 1 aliphatic heterocycles. The Balaban J connectivity index is 1.40. The van der Waals surface area contributed by atoms with Crippen LogP contribution < -0.4 is 20.7 Å². The molecule has 3 N–H and O–H groups in total. The Bertz CT molecular complexity index is 1630. The van der Waals surface area contributed by atoms with Crippen molar-refractivity contribution in [1.82, 2.24) is 10.2 Å². The third-order valence-corrected chi connectivity index (χ3v) is 8.59. The van der Waals surface area contributed by atoms with Crippen LogP contribution in [0.25, 0.3) is 0 Å². The first-order chi connectivity index (χ1) is 19.4. The van der Waals surface area contributed by atoms with Crippen LogP contribution in [0, 0.1) is 22.7 Å². The largest absolute Gasteiger partial charge is 0.497 e. The number of nitrogens with zero attached hydrogens (tertiary/aromatic N) is 5. The zero-order chi connectivity index (χ0) is 28.2. The maximum atomic E-state index is 13.3. The van der Waals surface area contributed by atoms with E-state index in [1.807, 2.05) is 24.3 Å². The predicted molar refractivity (Wildman–Crippen MR) is 151 cm³/mol. The number of ketones is 1. The van der Waals surface area contributed by atoms with Gasteiger partial charge in [-0.3, -0.25) is 14.5 Å². The fourth-order valence-electron chi connectivity index (χ4n) is 4.76. The van der Waals surface area contributed by atoms with E-state index in [1.54, 1.807) is 42.3 Å². The van der Waals surface area contributed by atoms with Crippen molar-refractivity contribution in [3.05, 3.63) is 82.3 Å². The van der Waals surface area contributed by atoms with Crippen molar-refractivity contribution in [2.24, 2.45) is 5.73 Å². The third kappa shape index (κ3) is 5.27. The number of benzene rings is 2. The highest BCUT2D eigenvalue weighted by atomic mass is 32.2. The smallest absolute Gasteiger partial charge is 0.234 e. The summed E-state index contributed by atoms with van der Waals surface area (Å²) in [5.74, 6) is 0.0443. The normalized spacial score (nSPS) is 16.7. The second-order valence-electron chi connectivity index (χ2n) is 8.97. The van der Waals surface area contributed by atoms with E-state index in [9.17, 15) is 14.9 Å². The molecule has 12 heteroatoms. The summed E-state index contributed by atoms with van der Waals surface area (Å²) >= 11 is 2.45. The summed E-state index contributed by atoms with van der Waals surface area (Å²) in [6, 6.07) is 18.2. The molecule has 1 aromatic heterocycles. The van der Waals surface area contributed by atoms with Crippen LogP contribution >= 0.6 is 23.1 Å². The summed E-state index contributed by atoms with van der Waals surface area (Å²) < 4.78 is 5.92. The van der Waals surface area contributed by atoms with Crippen LogP contribution in [0.2, 0.25) is 0 Å². The lowest BCUT2D eigenvalue weighted by Crippen LogP contribution is -2.38. The van der Waals surface area contributed by atoms with Crippen molar-refractivity contribution in [2.45, 2.75) is 29.5 Å². The molecule has 0 fully saturated rings. The number of hydrogen-bond acceptors (Lipinski definition) is 11. The number of methoxy groups -OCH3 is 1. The summed E-state index contributed by atoms with van der Waals surface area (Å²) in [6.45, 7) is 0. The quantitative estimate of drug-likeness (QED) is 0.389. The minimum absolute atomic E-state index is 0.0297. The summed E-state index contributed by atoms with van der Waals surface area (Å²) in [5, 5.41) is 30.8. The Kier molecular flexibility index (Phi) is 7.82. The lowest BCUT2D eigenvalue weighted by Gasteiger charge is -2.38. The van der Waals surface area contributed by atoms with Gasteiger partial charge in [-0.1, -0.05) is 35.2 Å². The number of hydrogen-bond donors (Lipinski definition) is 2. The maximum absolute atomic E-state index is 13.3. The highest BCUT2D eigenvalue weighted by molar-refractivity contribution is 8.01. The first-order valence-electron chi connectivity index (χ1n) is 12.3. The standard InChI is InChI=1S/C28H23N7O3S2/c1-38-19-5-2-4-17(12-19)24-20(14-30)26(31)35(21-6-3-7-22(36)25(21)24)27-33-34-28(40-27)39-15-23(37)32-18-10-8-16(13-29)9-11-18/h2,4-5,8-12,24H,3,6-7,15,31H2,1H3,(H,32,37). The average Bonchev–Trinajstić information content (AvgIpc) is 3.44. The number of rotatable bonds is 7. The van der Waals surface area contributed by atoms with Gasteiger partial charge in [-0.25, -0.2) is 0 Å². The van der Waals surface area contributed by atoms with Crippen molar-refractivity contribution in [1.29, 1.82) is 10.5 Å². The molecule has 5 rings (SSSR count). The van der Waals surface area contributed by atoms with E-state index in [2.05, 4.69) is 21.6 Å². The first-order valence-corrected chi connectivity index (χ1v) is 14.1. The lowest BCUT2D eigenvalue weighted by molar-refractivity contribution is -0.116. The van der Waals surface area contributed by atoms with Crippen LogP contribution in [0.1, 0.15) is 36.3 Å². The van der Waals surface area contributed by atoms with Crippen molar-refractivity contribution >= 4 is 45.6 Å². The van der Waals surface area contributed by atoms with Gasteiger partial charge in [0.15, 0.2) is 10.1 Å². The number of aromatic nitrogens is 2. The van der Waals surface area contributed by atoms with E-state index in [-0.39, 0.29) is 28.8 Å². The number of nitrogens with two attached hydrogens (primary N) is 1. The molecule has 0 saturated carbocycles. The number of allylic oxidation sites excluding steroid dienone is 3. The van der Waals surface area contributed by atoms with Crippen molar-refractivity contribution in [2.75, 3.05) is 23.1 Å². The van der Waals surface area contributed by atoms with Crippen LogP contribution in [-0.2, 0) is 9.59 Å². The lowest BCUT2D eigenvalue weighted by atomic mass is 9.76. The van der Waals surface area contributed by atoms with Crippen LogP contribution in [0.5, 0.6) is 5.75 Å². The Morgan fingerprint density at radius 1 is 1.20 bits per heavy atom. The molecule has 2 aromatic carbocycles. The molecule has 10 nitrogen and oxygen atoms in total. The molecule has 1 unspecified atom stereocenters. The van der Waals surface area contributed by atoms with Crippen molar-refractivity contribution in [3.8, 4) is 17.9 Å². The van der Waals surface area contributed by atoms with Gasteiger partial charge in [0.1, 0.15) is 11.6 Å². The van der Waals surface area contributed by atoms with Gasteiger partial charge >= 0.3 is 0 Å². The molecule has 2 heterocycles. The average molecular weight is 570 g/mol. The molecular weight excluding hydrogens is 546 g/mol. The number of nitriles is 2. The van der Waals surface area contributed by atoms with Crippen LogP contribution in [0.3, 0.4) is 0 Å². The molecule has 0 spiro atoms. The SMILES string of the molecule is COc1cccc(C2C(C#N)=C(N)N(c3nnc(SCC(=O)Nc4ccc(C#N)cc4)s3)C3=C2C(=O)CCC3)c1. The van der Waals surface area contributed by atoms with E-state index < -0.39 is 5.92 Å². The summed E-state index contributed by atoms with van der Waals surface area (Å²) in [4.78, 5) is 27.4. The maximum Gasteiger partial charge on any atom is 0.234 e. The van der Waals surface area contributed by atoms with Gasteiger partial charge in [0.2, 0.25) is 11.0 Å². The Morgan fingerprint density at radius 3 is 2.73 bits per heavy atom. The van der Waals surface area contributed by atoms with E-state index >= 15 is 0 Å². The fraction of sp³-hybridized carbons (Fsp3) is 0.214. The van der Waals surface area contributed by atoms with Gasteiger partial charge < -0.3 is 15.8 Å². The molecular formula is C28H23N7O3S2. The van der Waals surface area contributed by atoms with Gasteiger partial charge in [0, 0.05) is 23.4 Å². The van der Waals surface area contributed by atoms with Crippen LogP contribution in [-0.4, -0.2) is 34.8 Å². The van der Waals surface area contributed by atoms with E-state index in [1.165, 1.54) is 23.1 Å². The second kappa shape index (κ2) is 11.6. The van der Waals surface area contributed by atoms with E-state index in [0.717, 1.165) is 5.56 Å². The topological polar surface area (TPSA) is 158 Å². The molecule has 3 aromatic rings. The molecule has 200 valence electrons. The first kappa shape index (κ1) is 26.9. The number of carbonyl (C=O) groups is 2. The molecule has 0 saturated heterocycles. The Morgan fingerprint density at radius 2 is 2.00 bits per heavy atom. The van der Waals surface area contributed by atoms with Crippen LogP contribution in [0.15, 0.2) is 75.5 Å². The minimum Gasteiger partial charge on any atom is -0.497 e. The van der Waals surface area contributed by atoms with Crippen LogP contribution in [0.4, 0.5) is 10.8 Å². The van der Waals surface area contributed by atoms with Crippen molar-refractivity contribution < 1.29 is 14.3 Å². The number of ether oxygens (including phenoxy) is 1. The molecule has 0 bridgehead atoms. The fourth-order valence-corrected chi connectivity index (χ4v) is 6.44. The van der Waals surface area contributed by atoms with Gasteiger partial charge in [-0.05, 0) is 54.8 Å². The van der Waals surface area contributed by atoms with E-state index in [4.69, 9.17) is 15.7 Å². The Hall–Kier alpha value is -4.65. The molecule has 0 radical (unpaired) electrons. The second-order valence-corrected chi connectivity index (χ2v) is 11.1. The van der Waals surface area contributed by atoms with Crippen molar-refractivity contribution in [3.63, 3.8) is 0 Å². The molecule has 1 aliphatic carbocycles. The number of nitrogens with one attached hydrogen (secondary N) is 1. The highest BCUT2D eigenvalue weighted by Gasteiger charge is 2.41. The van der Waals surface area contributed by atoms with Gasteiger partial charge in [0.25, 0.3) is 0 Å². The Labute approximate surface area is 238 Å². The third-order valence-electron chi connectivity index (χ3n) is 6.55. The molecule has 1 atom stereocenters. The zero-order valence-corrected chi connectivity index (χ0v) is 23.0. The van der Waals surface area contributed by atoms with E-state index in [0.29, 0.717) is 57.0 Å². The highest BCUT2D eigenvalue weighted by Crippen LogP contribution is 2.47. The zero-order valence-electron chi connectivity index (χ0n) is 21.4. The van der Waals surface area contributed by atoms with Gasteiger partial charge in [0.05, 0.1) is 42.1 Å². The number of Topliss-reactive ketones (excluding diaryl/α,β-unsaturated/α-hetero) is 1. The number of anilines is 2. The molecule has 1 amide bonds. The summed E-state index contributed by atoms with van der Waals surface area (Å²) in [7, 11) is 1.56. The number of thioether (sulfide) groups is 1. The summed E-state index contributed by atoms with van der Waals surface area (Å²) in [5.41, 5.74) is 9.97. The minimum atomic E-state index is -0.605. The number of carbonyl (C=O) groups excluding carboxylic acids is 2. The molecule has 40 heavy (non-hydrogen) atoms. The monoisotopic (exact) mass is 569 g/mol. The summed E-state index contributed by atoms with van der Waals surface area (Å²) in [6.07, 6.45) is 1.64. The molecule has 2 aliphatic rings. The van der Waals surface area contributed by atoms with Gasteiger partial charge in [-0.15, -0.1) is 10.2 Å².